The third-order valence-corrected chi connectivity index (χ3v) is 2.85. The molecule has 0 heterocycles. The molecule has 0 unspecified atom stereocenters. The fourth-order valence-corrected chi connectivity index (χ4v) is 1.75. The SMILES string of the molecule is CCCCCCNCCCS(N)(=O)=O. The van der Waals surface area contributed by atoms with Crippen LogP contribution in [0.5, 0.6) is 0 Å². The molecule has 0 rings (SSSR count). The van der Waals surface area contributed by atoms with Crippen molar-refractivity contribution in [3.8, 4) is 0 Å². The molecule has 0 saturated heterocycles. The monoisotopic (exact) mass is 222 g/mol. The van der Waals surface area contributed by atoms with Crippen LogP contribution in [0.2, 0.25) is 0 Å². The van der Waals surface area contributed by atoms with Crippen molar-refractivity contribution >= 4 is 10.0 Å². The Labute approximate surface area is 87.3 Å². The Morgan fingerprint density at radius 1 is 1.07 bits per heavy atom. The fourth-order valence-electron chi connectivity index (χ4n) is 1.20. The van der Waals surface area contributed by atoms with Crippen molar-refractivity contribution in [2.45, 2.75) is 39.0 Å². The van der Waals surface area contributed by atoms with Crippen molar-refractivity contribution < 1.29 is 8.42 Å². The highest BCUT2D eigenvalue weighted by Crippen LogP contribution is 1.96. The topological polar surface area (TPSA) is 72.2 Å². The Bertz CT molecular complexity index is 215. The van der Waals surface area contributed by atoms with Gasteiger partial charge in [0.15, 0.2) is 0 Å². The molecule has 0 bridgehead atoms. The Hall–Kier alpha value is -0.130. The van der Waals surface area contributed by atoms with Crippen molar-refractivity contribution in [3.63, 3.8) is 0 Å². The minimum absolute atomic E-state index is 0.0783. The van der Waals surface area contributed by atoms with Crippen molar-refractivity contribution in [3.05, 3.63) is 0 Å². The second kappa shape index (κ2) is 8.20. The lowest BCUT2D eigenvalue weighted by molar-refractivity contribution is 0.579. The summed E-state index contributed by atoms with van der Waals surface area (Å²) in [5.74, 6) is 0.0783. The van der Waals surface area contributed by atoms with E-state index in [1.54, 1.807) is 0 Å². The maximum atomic E-state index is 10.6. The van der Waals surface area contributed by atoms with Gasteiger partial charge in [-0.3, -0.25) is 0 Å². The van der Waals surface area contributed by atoms with Gasteiger partial charge in [-0.05, 0) is 25.9 Å². The van der Waals surface area contributed by atoms with Gasteiger partial charge < -0.3 is 5.32 Å². The molecular formula is C9H22N2O2S. The summed E-state index contributed by atoms with van der Waals surface area (Å²) in [5.41, 5.74) is 0. The summed E-state index contributed by atoms with van der Waals surface area (Å²) in [6.07, 6.45) is 5.54. The van der Waals surface area contributed by atoms with Crippen LogP contribution in [0, 0.1) is 0 Å². The van der Waals surface area contributed by atoms with Crippen LogP contribution in [0.15, 0.2) is 0 Å². The molecule has 3 N–H and O–H groups in total. The molecule has 0 aliphatic carbocycles. The van der Waals surface area contributed by atoms with Crippen LogP contribution in [-0.4, -0.2) is 27.3 Å². The lowest BCUT2D eigenvalue weighted by atomic mass is 10.2. The standard InChI is InChI=1S/C9H22N2O2S/c1-2-3-4-5-7-11-8-6-9-14(10,12)13/h11H,2-9H2,1H3,(H2,10,12,13). The number of primary sulfonamides is 1. The van der Waals surface area contributed by atoms with Gasteiger partial charge in [-0.2, -0.15) is 0 Å². The first-order valence-corrected chi connectivity index (χ1v) is 6.99. The molecule has 0 atom stereocenters. The van der Waals surface area contributed by atoms with Gasteiger partial charge in [-0.1, -0.05) is 26.2 Å². The molecule has 0 aromatic carbocycles. The molecule has 14 heavy (non-hydrogen) atoms. The first-order chi connectivity index (χ1) is 6.56. The third kappa shape index (κ3) is 11.9. The first kappa shape index (κ1) is 13.9. The number of unbranched alkanes of at least 4 members (excludes halogenated alkanes) is 3. The first-order valence-electron chi connectivity index (χ1n) is 5.27. The molecule has 0 fully saturated rings. The quantitative estimate of drug-likeness (QED) is 0.568. The molecule has 4 nitrogen and oxygen atoms in total. The maximum Gasteiger partial charge on any atom is 0.209 e. The van der Waals surface area contributed by atoms with E-state index in [0.717, 1.165) is 13.1 Å². The van der Waals surface area contributed by atoms with E-state index in [4.69, 9.17) is 5.14 Å². The average Bonchev–Trinajstić information content (AvgIpc) is 2.08. The van der Waals surface area contributed by atoms with E-state index in [2.05, 4.69) is 12.2 Å². The summed E-state index contributed by atoms with van der Waals surface area (Å²) < 4.78 is 21.1. The van der Waals surface area contributed by atoms with Crippen molar-refractivity contribution in [2.75, 3.05) is 18.8 Å². The number of rotatable bonds is 9. The van der Waals surface area contributed by atoms with Gasteiger partial charge in [-0.25, -0.2) is 13.6 Å². The zero-order chi connectivity index (χ0) is 10.9. The minimum atomic E-state index is -3.27. The molecule has 0 aromatic rings. The molecule has 0 aliphatic heterocycles. The number of hydrogen-bond acceptors (Lipinski definition) is 3. The Morgan fingerprint density at radius 3 is 2.29 bits per heavy atom. The Kier molecular flexibility index (Phi) is 8.12. The predicted molar refractivity (Wildman–Crippen MR) is 59.6 cm³/mol. The summed E-state index contributed by atoms with van der Waals surface area (Å²) in [4.78, 5) is 0. The molecule has 0 saturated carbocycles. The van der Waals surface area contributed by atoms with Gasteiger partial charge in [0.25, 0.3) is 0 Å². The summed E-state index contributed by atoms with van der Waals surface area (Å²) in [5, 5.41) is 8.06. The molecular weight excluding hydrogens is 200 g/mol. The highest BCUT2D eigenvalue weighted by molar-refractivity contribution is 7.89. The summed E-state index contributed by atoms with van der Waals surface area (Å²) in [7, 11) is -3.27. The van der Waals surface area contributed by atoms with E-state index in [0.29, 0.717) is 6.42 Å². The molecule has 5 heteroatoms. The van der Waals surface area contributed by atoms with E-state index in [9.17, 15) is 8.42 Å². The van der Waals surface area contributed by atoms with Crippen LogP contribution >= 0.6 is 0 Å². The number of sulfonamides is 1. The van der Waals surface area contributed by atoms with Gasteiger partial charge in [0.1, 0.15) is 0 Å². The molecule has 86 valence electrons. The van der Waals surface area contributed by atoms with Crippen molar-refractivity contribution in [2.24, 2.45) is 5.14 Å². The fraction of sp³-hybridized carbons (Fsp3) is 1.00. The second-order valence-corrected chi connectivity index (χ2v) is 5.27. The third-order valence-electron chi connectivity index (χ3n) is 1.99. The Balaban J connectivity index is 3.07. The van der Waals surface area contributed by atoms with Gasteiger partial charge in [-0.15, -0.1) is 0 Å². The Morgan fingerprint density at radius 2 is 1.71 bits per heavy atom. The lowest BCUT2D eigenvalue weighted by Crippen LogP contribution is -2.22. The van der Waals surface area contributed by atoms with E-state index in [1.165, 1.54) is 25.7 Å². The molecule has 0 radical (unpaired) electrons. The summed E-state index contributed by atoms with van der Waals surface area (Å²) in [6, 6.07) is 0. The van der Waals surface area contributed by atoms with Gasteiger partial charge in [0.05, 0.1) is 5.75 Å². The van der Waals surface area contributed by atoms with Gasteiger partial charge in [0.2, 0.25) is 10.0 Å². The lowest BCUT2D eigenvalue weighted by Gasteiger charge is -2.03. The number of hydrogen-bond donors (Lipinski definition) is 2. The smallest absolute Gasteiger partial charge is 0.209 e. The zero-order valence-corrected chi connectivity index (χ0v) is 9.78. The number of nitrogens with two attached hydrogens (primary N) is 1. The molecule has 0 aromatic heterocycles. The second-order valence-electron chi connectivity index (χ2n) is 3.53. The van der Waals surface area contributed by atoms with Crippen LogP contribution in [0.4, 0.5) is 0 Å². The molecule has 0 amide bonds. The van der Waals surface area contributed by atoms with E-state index in [1.807, 2.05) is 0 Å². The van der Waals surface area contributed by atoms with Gasteiger partial charge in [0, 0.05) is 0 Å². The number of nitrogens with one attached hydrogen (secondary N) is 1. The van der Waals surface area contributed by atoms with Crippen LogP contribution < -0.4 is 10.5 Å². The highest BCUT2D eigenvalue weighted by Gasteiger charge is 2.00. The van der Waals surface area contributed by atoms with Crippen LogP contribution in [0.25, 0.3) is 0 Å². The van der Waals surface area contributed by atoms with Crippen LogP contribution in [0.3, 0.4) is 0 Å². The normalized spacial score (nSPS) is 11.9. The van der Waals surface area contributed by atoms with Gasteiger partial charge >= 0.3 is 0 Å². The van der Waals surface area contributed by atoms with Crippen LogP contribution in [-0.2, 0) is 10.0 Å². The van der Waals surface area contributed by atoms with Crippen LogP contribution in [0.1, 0.15) is 39.0 Å². The summed E-state index contributed by atoms with van der Waals surface area (Å²) >= 11 is 0. The van der Waals surface area contributed by atoms with E-state index in [-0.39, 0.29) is 5.75 Å². The molecule has 0 aliphatic rings. The van der Waals surface area contributed by atoms with Crippen molar-refractivity contribution in [1.29, 1.82) is 0 Å². The molecule has 0 spiro atoms. The minimum Gasteiger partial charge on any atom is -0.317 e. The van der Waals surface area contributed by atoms with E-state index < -0.39 is 10.0 Å². The average molecular weight is 222 g/mol. The zero-order valence-electron chi connectivity index (χ0n) is 8.96. The summed E-state index contributed by atoms with van der Waals surface area (Å²) in [6.45, 7) is 3.90. The largest absolute Gasteiger partial charge is 0.317 e. The maximum absolute atomic E-state index is 10.6. The van der Waals surface area contributed by atoms with E-state index >= 15 is 0 Å². The highest BCUT2D eigenvalue weighted by atomic mass is 32.2. The predicted octanol–water partition coefficient (Wildman–Crippen LogP) is 0.835. The van der Waals surface area contributed by atoms with Crippen molar-refractivity contribution in [1.82, 2.24) is 5.32 Å².